The number of aryl methyl sites for hydroxylation is 1. The molecule has 7 heteroatoms. The Morgan fingerprint density at radius 1 is 1.45 bits per heavy atom. The van der Waals surface area contributed by atoms with Gasteiger partial charge in [-0.3, -0.25) is 0 Å². The molecule has 0 aliphatic heterocycles. The summed E-state index contributed by atoms with van der Waals surface area (Å²) < 4.78 is 0. The largest absolute Gasteiger partial charge is 0.477 e. The number of aromatic carboxylic acids is 1. The normalized spacial score (nSPS) is 12.5. The zero-order valence-electron chi connectivity index (χ0n) is 12.2. The van der Waals surface area contributed by atoms with Crippen LogP contribution in [0.1, 0.15) is 39.5 Å². The van der Waals surface area contributed by atoms with Gasteiger partial charge in [0.15, 0.2) is 0 Å². The van der Waals surface area contributed by atoms with Crippen LogP contribution >= 0.6 is 22.7 Å². The molecule has 0 aliphatic carbocycles. The Kier molecular flexibility index (Phi) is 4.08. The van der Waals surface area contributed by atoms with Gasteiger partial charge in [0.2, 0.25) is 0 Å². The Labute approximate surface area is 135 Å². The van der Waals surface area contributed by atoms with Crippen molar-refractivity contribution in [2.45, 2.75) is 26.3 Å². The van der Waals surface area contributed by atoms with E-state index in [0.29, 0.717) is 15.5 Å². The monoisotopic (exact) mass is 333 g/mol. The lowest BCUT2D eigenvalue weighted by atomic mass is 10.1. The maximum atomic E-state index is 11.3. The van der Waals surface area contributed by atoms with E-state index in [4.69, 9.17) is 0 Å². The van der Waals surface area contributed by atoms with Gasteiger partial charge in [0.05, 0.1) is 11.4 Å². The zero-order chi connectivity index (χ0) is 15.7. The van der Waals surface area contributed by atoms with Gasteiger partial charge in [-0.2, -0.15) is 0 Å². The third kappa shape index (κ3) is 2.57. The number of nitrogens with zero attached hydrogens (tertiary/aromatic N) is 2. The van der Waals surface area contributed by atoms with Crippen molar-refractivity contribution in [3.8, 4) is 0 Å². The SMILES string of the molecule is CC[C@@H](Nc1ncnc2sc(C(=O)O)c(C)c12)c1cccs1. The smallest absolute Gasteiger partial charge is 0.346 e. The van der Waals surface area contributed by atoms with Gasteiger partial charge >= 0.3 is 5.97 Å². The molecule has 0 radical (unpaired) electrons. The van der Waals surface area contributed by atoms with E-state index in [2.05, 4.69) is 28.3 Å². The second-order valence-electron chi connectivity index (χ2n) is 4.88. The van der Waals surface area contributed by atoms with Crippen molar-refractivity contribution in [1.82, 2.24) is 9.97 Å². The zero-order valence-corrected chi connectivity index (χ0v) is 13.8. The molecule has 3 aromatic heterocycles. The fraction of sp³-hybridized carbons (Fsp3) is 0.267. The Bertz CT molecular complexity index is 812. The fourth-order valence-electron chi connectivity index (χ4n) is 2.41. The second kappa shape index (κ2) is 6.02. The van der Waals surface area contributed by atoms with E-state index in [-0.39, 0.29) is 6.04 Å². The molecule has 0 aliphatic rings. The first-order valence-electron chi connectivity index (χ1n) is 6.89. The van der Waals surface area contributed by atoms with Crippen molar-refractivity contribution in [3.63, 3.8) is 0 Å². The lowest BCUT2D eigenvalue weighted by molar-refractivity contribution is 0.0701. The van der Waals surface area contributed by atoms with Gasteiger partial charge in [0.25, 0.3) is 0 Å². The number of thiophene rings is 2. The summed E-state index contributed by atoms with van der Waals surface area (Å²) in [4.78, 5) is 22.1. The van der Waals surface area contributed by atoms with Gasteiger partial charge in [-0.25, -0.2) is 14.8 Å². The third-order valence-electron chi connectivity index (χ3n) is 3.53. The molecule has 0 spiro atoms. The number of aromatic nitrogens is 2. The number of carbonyl (C=O) groups is 1. The van der Waals surface area contributed by atoms with E-state index in [1.54, 1.807) is 11.3 Å². The van der Waals surface area contributed by atoms with Gasteiger partial charge in [-0.15, -0.1) is 22.7 Å². The summed E-state index contributed by atoms with van der Waals surface area (Å²) >= 11 is 2.89. The first-order valence-corrected chi connectivity index (χ1v) is 8.58. The molecule has 2 N–H and O–H groups in total. The van der Waals surface area contributed by atoms with Crippen LogP contribution in [0.5, 0.6) is 0 Å². The summed E-state index contributed by atoms with van der Waals surface area (Å²) in [5.74, 6) is -0.219. The topological polar surface area (TPSA) is 75.1 Å². The van der Waals surface area contributed by atoms with Crippen molar-refractivity contribution in [2.24, 2.45) is 0 Å². The lowest BCUT2D eigenvalue weighted by Crippen LogP contribution is -2.10. The molecule has 3 heterocycles. The highest BCUT2D eigenvalue weighted by molar-refractivity contribution is 7.20. The van der Waals surface area contributed by atoms with E-state index in [9.17, 15) is 9.90 Å². The Morgan fingerprint density at radius 3 is 2.91 bits per heavy atom. The number of nitrogens with one attached hydrogen (secondary N) is 1. The van der Waals surface area contributed by atoms with Crippen LogP contribution in [0.4, 0.5) is 5.82 Å². The average molecular weight is 333 g/mol. The van der Waals surface area contributed by atoms with Crippen molar-refractivity contribution in [2.75, 3.05) is 5.32 Å². The molecule has 3 aromatic rings. The van der Waals surface area contributed by atoms with Gasteiger partial charge in [0.1, 0.15) is 21.9 Å². The molecular formula is C15H15N3O2S2. The Balaban J connectivity index is 2.05. The van der Waals surface area contributed by atoms with Crippen LogP contribution in [0.2, 0.25) is 0 Å². The molecule has 0 saturated carbocycles. The van der Waals surface area contributed by atoms with Crippen LogP contribution in [-0.2, 0) is 0 Å². The number of anilines is 1. The number of hydrogen-bond donors (Lipinski definition) is 2. The molecule has 0 saturated heterocycles. The van der Waals surface area contributed by atoms with Gasteiger partial charge in [-0.05, 0) is 30.4 Å². The lowest BCUT2D eigenvalue weighted by Gasteiger charge is -2.16. The molecule has 114 valence electrons. The maximum Gasteiger partial charge on any atom is 0.346 e. The highest BCUT2D eigenvalue weighted by Gasteiger charge is 2.20. The minimum absolute atomic E-state index is 0.158. The van der Waals surface area contributed by atoms with E-state index in [1.165, 1.54) is 22.5 Å². The summed E-state index contributed by atoms with van der Waals surface area (Å²) in [6.45, 7) is 3.92. The molecule has 0 aromatic carbocycles. The number of carboxylic acid groups (broad SMARTS) is 1. The van der Waals surface area contributed by atoms with E-state index < -0.39 is 5.97 Å². The van der Waals surface area contributed by atoms with Crippen LogP contribution in [-0.4, -0.2) is 21.0 Å². The molecule has 3 rings (SSSR count). The molecule has 0 bridgehead atoms. The summed E-state index contributed by atoms with van der Waals surface area (Å²) in [5.41, 5.74) is 0.719. The minimum atomic E-state index is -0.920. The van der Waals surface area contributed by atoms with Crippen molar-refractivity contribution in [3.05, 3.63) is 39.2 Å². The van der Waals surface area contributed by atoms with Crippen LogP contribution in [0.25, 0.3) is 10.2 Å². The van der Waals surface area contributed by atoms with Crippen molar-refractivity contribution in [1.29, 1.82) is 0 Å². The third-order valence-corrected chi connectivity index (χ3v) is 5.70. The van der Waals surface area contributed by atoms with Gasteiger partial charge in [-0.1, -0.05) is 13.0 Å². The number of fused-ring (bicyclic) bond motifs is 1. The predicted octanol–water partition coefficient (Wildman–Crippen LogP) is 4.32. The summed E-state index contributed by atoms with van der Waals surface area (Å²) in [6.07, 6.45) is 2.40. The molecule has 5 nitrogen and oxygen atoms in total. The molecular weight excluding hydrogens is 318 g/mol. The maximum absolute atomic E-state index is 11.3. The summed E-state index contributed by atoms with van der Waals surface area (Å²) in [7, 11) is 0. The standard InChI is InChI=1S/C15H15N3O2S2/c1-3-9(10-5-4-6-21-10)18-13-11-8(2)12(15(19)20)22-14(11)17-7-16-13/h4-7,9H,3H2,1-2H3,(H,19,20)(H,16,17,18)/t9-/m1/s1. The number of rotatable bonds is 5. The number of carboxylic acids is 1. The Morgan fingerprint density at radius 2 is 2.27 bits per heavy atom. The predicted molar refractivity (Wildman–Crippen MR) is 90.1 cm³/mol. The van der Waals surface area contributed by atoms with E-state index >= 15 is 0 Å². The average Bonchev–Trinajstić information content (AvgIpc) is 3.13. The Hall–Kier alpha value is -1.99. The van der Waals surface area contributed by atoms with Gasteiger partial charge in [0, 0.05) is 4.88 Å². The summed E-state index contributed by atoms with van der Waals surface area (Å²) in [5, 5.41) is 15.6. The molecule has 0 fully saturated rings. The quantitative estimate of drug-likeness (QED) is 0.727. The molecule has 0 unspecified atom stereocenters. The van der Waals surface area contributed by atoms with Crippen LogP contribution in [0.15, 0.2) is 23.8 Å². The highest BCUT2D eigenvalue weighted by atomic mass is 32.1. The van der Waals surface area contributed by atoms with Crippen LogP contribution < -0.4 is 5.32 Å². The van der Waals surface area contributed by atoms with Crippen LogP contribution in [0, 0.1) is 6.92 Å². The summed E-state index contributed by atoms with van der Waals surface area (Å²) in [6, 6.07) is 4.27. The van der Waals surface area contributed by atoms with Crippen molar-refractivity contribution < 1.29 is 9.90 Å². The molecule has 22 heavy (non-hydrogen) atoms. The minimum Gasteiger partial charge on any atom is -0.477 e. The van der Waals surface area contributed by atoms with Gasteiger partial charge < -0.3 is 10.4 Å². The molecule has 1 atom stereocenters. The molecule has 0 amide bonds. The highest BCUT2D eigenvalue weighted by Crippen LogP contribution is 2.35. The van der Waals surface area contributed by atoms with Crippen LogP contribution in [0.3, 0.4) is 0 Å². The van der Waals surface area contributed by atoms with E-state index in [0.717, 1.165) is 17.4 Å². The first kappa shape index (κ1) is 14.9. The number of hydrogen-bond acceptors (Lipinski definition) is 6. The second-order valence-corrected chi connectivity index (χ2v) is 6.86. The fourth-order valence-corrected chi connectivity index (χ4v) is 4.26. The first-order chi connectivity index (χ1) is 10.6. The van der Waals surface area contributed by atoms with E-state index in [1.807, 2.05) is 18.4 Å². The van der Waals surface area contributed by atoms with Crippen molar-refractivity contribution >= 4 is 44.7 Å².